The van der Waals surface area contributed by atoms with E-state index in [9.17, 15) is 13.2 Å². The molecule has 1 unspecified atom stereocenters. The molecule has 0 radical (unpaired) electrons. The number of hydrogen-bond donors (Lipinski definition) is 1. The molecule has 0 amide bonds. The van der Waals surface area contributed by atoms with Crippen LogP contribution in [0, 0.1) is 0 Å². The summed E-state index contributed by atoms with van der Waals surface area (Å²) < 4.78 is 38.9. The van der Waals surface area contributed by atoms with Gasteiger partial charge in [0.25, 0.3) is 0 Å². The third-order valence-corrected chi connectivity index (χ3v) is 3.38. The van der Waals surface area contributed by atoms with Crippen molar-refractivity contribution in [2.24, 2.45) is 0 Å². The standard InChI is InChI=1S/C16H18F3N3/c1-22(2)14(12-7-4-3-5-8-12)11-21-15-13(16(17,18)19)9-6-10-20-15/h3-10,14H,11H2,1-2H3,(H,20,21). The van der Waals surface area contributed by atoms with E-state index in [1.807, 2.05) is 49.3 Å². The van der Waals surface area contributed by atoms with Gasteiger partial charge in [-0.05, 0) is 31.8 Å². The van der Waals surface area contributed by atoms with Crippen molar-refractivity contribution >= 4 is 5.82 Å². The molecule has 1 atom stereocenters. The zero-order chi connectivity index (χ0) is 16.2. The van der Waals surface area contributed by atoms with Crippen molar-refractivity contribution in [2.75, 3.05) is 26.0 Å². The van der Waals surface area contributed by atoms with Crippen molar-refractivity contribution in [3.05, 3.63) is 59.8 Å². The Bertz CT molecular complexity index is 597. The minimum absolute atomic E-state index is 0.0516. The number of nitrogens with zero attached hydrogens (tertiary/aromatic N) is 2. The zero-order valence-corrected chi connectivity index (χ0v) is 12.4. The summed E-state index contributed by atoms with van der Waals surface area (Å²) in [6.45, 7) is 0.330. The van der Waals surface area contributed by atoms with E-state index in [1.165, 1.54) is 12.3 Å². The molecule has 0 spiro atoms. The topological polar surface area (TPSA) is 28.2 Å². The van der Waals surface area contributed by atoms with Gasteiger partial charge in [-0.2, -0.15) is 13.2 Å². The molecule has 118 valence electrons. The molecule has 0 aliphatic carbocycles. The van der Waals surface area contributed by atoms with Crippen molar-refractivity contribution in [3.8, 4) is 0 Å². The molecular weight excluding hydrogens is 291 g/mol. The maximum Gasteiger partial charge on any atom is 0.419 e. The summed E-state index contributed by atoms with van der Waals surface area (Å²) in [5.41, 5.74) is 0.282. The van der Waals surface area contributed by atoms with Crippen LogP contribution in [0.3, 0.4) is 0 Å². The van der Waals surface area contributed by atoms with Crippen molar-refractivity contribution in [2.45, 2.75) is 12.2 Å². The van der Waals surface area contributed by atoms with E-state index in [4.69, 9.17) is 0 Å². The number of alkyl halides is 3. The first kappa shape index (κ1) is 16.3. The van der Waals surface area contributed by atoms with Crippen LogP contribution in [-0.4, -0.2) is 30.5 Å². The monoisotopic (exact) mass is 309 g/mol. The minimum Gasteiger partial charge on any atom is -0.368 e. The van der Waals surface area contributed by atoms with E-state index in [-0.39, 0.29) is 11.9 Å². The lowest BCUT2D eigenvalue weighted by molar-refractivity contribution is -0.137. The number of pyridine rings is 1. The zero-order valence-electron chi connectivity index (χ0n) is 12.4. The Hall–Kier alpha value is -2.08. The molecule has 0 aliphatic heterocycles. The molecular formula is C16H18F3N3. The number of benzene rings is 1. The summed E-state index contributed by atoms with van der Waals surface area (Å²) in [6, 6.07) is 11.9. The van der Waals surface area contributed by atoms with Crippen LogP contribution in [0.5, 0.6) is 0 Å². The predicted molar refractivity (Wildman–Crippen MR) is 80.6 cm³/mol. The predicted octanol–water partition coefficient (Wildman–Crippen LogP) is 3.82. The van der Waals surface area contributed by atoms with Gasteiger partial charge in [0.1, 0.15) is 5.82 Å². The Morgan fingerprint density at radius 1 is 1.09 bits per heavy atom. The number of rotatable bonds is 5. The maximum absolute atomic E-state index is 13.0. The average molecular weight is 309 g/mol. The van der Waals surface area contributed by atoms with Gasteiger partial charge in [-0.3, -0.25) is 0 Å². The summed E-state index contributed by atoms with van der Waals surface area (Å²) >= 11 is 0. The summed E-state index contributed by atoms with van der Waals surface area (Å²) in [5, 5.41) is 2.83. The molecule has 22 heavy (non-hydrogen) atoms. The van der Waals surface area contributed by atoms with E-state index in [0.29, 0.717) is 6.54 Å². The van der Waals surface area contributed by atoms with Gasteiger partial charge >= 0.3 is 6.18 Å². The van der Waals surface area contributed by atoms with E-state index in [1.54, 1.807) is 0 Å². The number of aromatic nitrogens is 1. The van der Waals surface area contributed by atoms with E-state index in [2.05, 4.69) is 10.3 Å². The highest BCUT2D eigenvalue weighted by molar-refractivity contribution is 5.46. The van der Waals surface area contributed by atoms with Crippen LogP contribution in [0.4, 0.5) is 19.0 Å². The Balaban J connectivity index is 2.18. The van der Waals surface area contributed by atoms with Gasteiger partial charge in [-0.1, -0.05) is 30.3 Å². The molecule has 1 aromatic carbocycles. The van der Waals surface area contributed by atoms with Crippen LogP contribution in [0.15, 0.2) is 48.7 Å². The number of anilines is 1. The van der Waals surface area contributed by atoms with Gasteiger partial charge in [0.2, 0.25) is 0 Å². The molecule has 0 saturated heterocycles. The lowest BCUT2D eigenvalue weighted by Gasteiger charge is -2.26. The fourth-order valence-electron chi connectivity index (χ4n) is 2.24. The number of nitrogens with one attached hydrogen (secondary N) is 1. The largest absolute Gasteiger partial charge is 0.419 e. The molecule has 3 nitrogen and oxygen atoms in total. The van der Waals surface area contributed by atoms with Crippen molar-refractivity contribution in [3.63, 3.8) is 0 Å². The second-order valence-electron chi connectivity index (χ2n) is 5.17. The van der Waals surface area contributed by atoms with Crippen LogP contribution in [0.1, 0.15) is 17.2 Å². The van der Waals surface area contributed by atoms with Crippen LogP contribution in [0.2, 0.25) is 0 Å². The first-order valence-electron chi connectivity index (χ1n) is 6.87. The first-order valence-corrected chi connectivity index (χ1v) is 6.87. The van der Waals surface area contributed by atoms with Gasteiger partial charge in [-0.25, -0.2) is 4.98 Å². The second kappa shape index (κ2) is 6.79. The summed E-state index contributed by atoms with van der Waals surface area (Å²) in [7, 11) is 3.78. The highest BCUT2D eigenvalue weighted by Crippen LogP contribution is 2.33. The molecule has 0 fully saturated rings. The highest BCUT2D eigenvalue weighted by Gasteiger charge is 2.34. The molecule has 0 saturated carbocycles. The van der Waals surface area contributed by atoms with E-state index in [0.717, 1.165) is 11.6 Å². The summed E-state index contributed by atoms with van der Waals surface area (Å²) in [6.07, 6.45) is -3.07. The Morgan fingerprint density at radius 2 is 1.77 bits per heavy atom. The van der Waals surface area contributed by atoms with Crippen LogP contribution < -0.4 is 5.32 Å². The number of likely N-dealkylation sites (N-methyl/N-ethyl adjacent to an activating group) is 1. The van der Waals surface area contributed by atoms with Crippen LogP contribution in [-0.2, 0) is 6.18 Å². The van der Waals surface area contributed by atoms with E-state index >= 15 is 0 Å². The molecule has 2 rings (SSSR count). The van der Waals surface area contributed by atoms with Crippen molar-refractivity contribution in [1.82, 2.24) is 9.88 Å². The average Bonchev–Trinajstić information content (AvgIpc) is 2.47. The SMILES string of the molecule is CN(C)C(CNc1ncccc1C(F)(F)F)c1ccccc1. The van der Waals surface area contributed by atoms with E-state index < -0.39 is 11.7 Å². The third kappa shape index (κ3) is 3.98. The van der Waals surface area contributed by atoms with Gasteiger partial charge in [0.05, 0.1) is 11.6 Å². The molecule has 0 bridgehead atoms. The normalized spacial score (nSPS) is 13.2. The molecule has 1 N–H and O–H groups in total. The molecule has 0 aliphatic rings. The quantitative estimate of drug-likeness (QED) is 0.910. The fourth-order valence-corrected chi connectivity index (χ4v) is 2.24. The van der Waals surface area contributed by atoms with Crippen LogP contribution >= 0.6 is 0 Å². The Morgan fingerprint density at radius 3 is 2.36 bits per heavy atom. The minimum atomic E-state index is -4.42. The lowest BCUT2D eigenvalue weighted by Crippen LogP contribution is -2.27. The smallest absolute Gasteiger partial charge is 0.368 e. The molecule has 1 heterocycles. The molecule has 2 aromatic rings. The highest BCUT2D eigenvalue weighted by atomic mass is 19.4. The number of hydrogen-bond acceptors (Lipinski definition) is 3. The Labute approximate surface area is 127 Å². The molecule has 6 heteroatoms. The van der Waals surface area contributed by atoms with Gasteiger partial charge in [0, 0.05) is 12.7 Å². The third-order valence-electron chi connectivity index (χ3n) is 3.38. The van der Waals surface area contributed by atoms with Crippen molar-refractivity contribution < 1.29 is 13.2 Å². The second-order valence-corrected chi connectivity index (χ2v) is 5.17. The van der Waals surface area contributed by atoms with Gasteiger partial charge in [0.15, 0.2) is 0 Å². The number of halogens is 3. The fraction of sp³-hybridized carbons (Fsp3) is 0.312. The van der Waals surface area contributed by atoms with Crippen molar-refractivity contribution in [1.29, 1.82) is 0 Å². The first-order chi connectivity index (χ1) is 10.4. The Kier molecular flexibility index (Phi) is 5.03. The lowest BCUT2D eigenvalue weighted by atomic mass is 10.1. The van der Waals surface area contributed by atoms with Gasteiger partial charge < -0.3 is 10.2 Å². The molecule has 1 aromatic heterocycles. The van der Waals surface area contributed by atoms with Gasteiger partial charge in [-0.15, -0.1) is 0 Å². The maximum atomic E-state index is 13.0. The summed E-state index contributed by atoms with van der Waals surface area (Å²) in [4.78, 5) is 5.78. The van der Waals surface area contributed by atoms with Crippen LogP contribution in [0.25, 0.3) is 0 Å². The summed E-state index contributed by atoms with van der Waals surface area (Å²) in [5.74, 6) is -0.141.